The van der Waals surface area contributed by atoms with E-state index in [1.165, 1.54) is 12.1 Å². The summed E-state index contributed by atoms with van der Waals surface area (Å²) in [6.07, 6.45) is -0.0354. The molecule has 0 aromatic heterocycles. The molecule has 18 heavy (non-hydrogen) atoms. The van der Waals surface area contributed by atoms with Crippen LogP contribution in [0.3, 0.4) is 0 Å². The Bertz CT molecular complexity index is 421. The zero-order chi connectivity index (χ0) is 13.7. The van der Waals surface area contributed by atoms with E-state index >= 15 is 0 Å². The van der Waals surface area contributed by atoms with Gasteiger partial charge in [0.25, 0.3) is 5.69 Å². The van der Waals surface area contributed by atoms with Gasteiger partial charge in [-0.1, -0.05) is 0 Å². The number of non-ortho nitro benzene ring substituents is 1. The average Bonchev–Trinajstić information content (AvgIpc) is 2.27. The van der Waals surface area contributed by atoms with Crippen molar-refractivity contribution in [2.24, 2.45) is 5.73 Å². The highest BCUT2D eigenvalue weighted by molar-refractivity contribution is 5.56. The maximum atomic E-state index is 10.8. The SMILES string of the molecule is CC(CN)Nc1cc(OC(C)C)cc([N+](=O)[O-])c1. The van der Waals surface area contributed by atoms with Crippen LogP contribution in [0, 0.1) is 10.1 Å². The Balaban J connectivity index is 3.01. The zero-order valence-corrected chi connectivity index (χ0v) is 10.8. The summed E-state index contributed by atoms with van der Waals surface area (Å²) in [5, 5.41) is 13.9. The third kappa shape index (κ3) is 4.21. The van der Waals surface area contributed by atoms with Crippen molar-refractivity contribution in [2.75, 3.05) is 11.9 Å². The van der Waals surface area contributed by atoms with Gasteiger partial charge in [0.05, 0.1) is 17.1 Å². The van der Waals surface area contributed by atoms with Gasteiger partial charge >= 0.3 is 0 Å². The van der Waals surface area contributed by atoms with E-state index in [2.05, 4.69) is 5.32 Å². The van der Waals surface area contributed by atoms with Crippen molar-refractivity contribution in [1.82, 2.24) is 0 Å². The second kappa shape index (κ2) is 6.20. The minimum atomic E-state index is -0.439. The van der Waals surface area contributed by atoms with Gasteiger partial charge in [0.1, 0.15) is 5.75 Å². The standard InChI is InChI=1S/C12H19N3O3/c1-8(2)18-12-5-10(14-9(3)7-13)4-11(6-12)15(16)17/h4-6,8-9,14H,7,13H2,1-3H3. The van der Waals surface area contributed by atoms with Crippen molar-refractivity contribution in [3.63, 3.8) is 0 Å². The number of rotatable bonds is 6. The molecule has 1 aromatic rings. The number of hydrogen-bond acceptors (Lipinski definition) is 5. The predicted molar refractivity (Wildman–Crippen MR) is 71.0 cm³/mol. The van der Waals surface area contributed by atoms with E-state index in [1.54, 1.807) is 6.07 Å². The Labute approximate surface area is 106 Å². The number of nitro groups is 1. The van der Waals surface area contributed by atoms with E-state index in [0.29, 0.717) is 18.0 Å². The van der Waals surface area contributed by atoms with Gasteiger partial charge in [-0.3, -0.25) is 10.1 Å². The van der Waals surface area contributed by atoms with Gasteiger partial charge in [-0.15, -0.1) is 0 Å². The van der Waals surface area contributed by atoms with Crippen LogP contribution in [0.5, 0.6) is 5.75 Å². The van der Waals surface area contributed by atoms with Crippen molar-refractivity contribution < 1.29 is 9.66 Å². The predicted octanol–water partition coefficient (Wildman–Crippen LogP) is 2.14. The highest BCUT2D eigenvalue weighted by Gasteiger charge is 2.12. The molecule has 0 fully saturated rings. The van der Waals surface area contributed by atoms with Crippen molar-refractivity contribution >= 4 is 11.4 Å². The van der Waals surface area contributed by atoms with E-state index in [0.717, 1.165) is 0 Å². The Kier molecular flexibility index (Phi) is 4.91. The number of nitro benzene ring substituents is 1. The number of anilines is 1. The van der Waals surface area contributed by atoms with E-state index in [9.17, 15) is 10.1 Å². The van der Waals surface area contributed by atoms with Gasteiger partial charge in [0.2, 0.25) is 0 Å². The first-order chi connectivity index (χ1) is 8.42. The van der Waals surface area contributed by atoms with Gasteiger partial charge in [-0.2, -0.15) is 0 Å². The molecule has 0 aliphatic carbocycles. The molecule has 0 heterocycles. The first-order valence-corrected chi connectivity index (χ1v) is 5.85. The third-order valence-electron chi connectivity index (χ3n) is 2.24. The number of nitrogens with two attached hydrogens (primary N) is 1. The summed E-state index contributed by atoms with van der Waals surface area (Å²) in [4.78, 5) is 10.4. The number of nitrogens with zero attached hydrogens (tertiary/aromatic N) is 1. The maximum absolute atomic E-state index is 10.8. The zero-order valence-electron chi connectivity index (χ0n) is 10.8. The first-order valence-electron chi connectivity index (χ1n) is 5.85. The molecule has 0 spiro atoms. The Morgan fingerprint density at radius 1 is 1.39 bits per heavy atom. The molecule has 0 aliphatic rings. The number of ether oxygens (including phenoxy) is 1. The lowest BCUT2D eigenvalue weighted by Gasteiger charge is -2.15. The molecule has 0 amide bonds. The molecular formula is C12H19N3O3. The monoisotopic (exact) mass is 253 g/mol. The van der Waals surface area contributed by atoms with Gasteiger partial charge in [0.15, 0.2) is 0 Å². The molecule has 1 atom stereocenters. The van der Waals surface area contributed by atoms with E-state index in [1.807, 2.05) is 20.8 Å². The molecule has 6 nitrogen and oxygen atoms in total. The third-order valence-corrected chi connectivity index (χ3v) is 2.24. The summed E-state index contributed by atoms with van der Waals surface area (Å²) in [7, 11) is 0. The molecule has 0 saturated heterocycles. The molecule has 1 aromatic carbocycles. The molecular weight excluding hydrogens is 234 g/mol. The molecule has 6 heteroatoms. The van der Waals surface area contributed by atoms with Crippen LogP contribution < -0.4 is 15.8 Å². The molecule has 0 bridgehead atoms. The van der Waals surface area contributed by atoms with Gasteiger partial charge in [-0.25, -0.2) is 0 Å². The first kappa shape index (κ1) is 14.2. The van der Waals surface area contributed by atoms with Crippen molar-refractivity contribution in [3.05, 3.63) is 28.3 Å². The second-order valence-corrected chi connectivity index (χ2v) is 4.42. The fourth-order valence-corrected chi connectivity index (χ4v) is 1.46. The Morgan fingerprint density at radius 3 is 2.56 bits per heavy atom. The minimum absolute atomic E-state index is 0.000119. The number of hydrogen-bond donors (Lipinski definition) is 2. The molecule has 0 saturated carbocycles. The molecule has 0 aliphatic heterocycles. The Morgan fingerprint density at radius 2 is 2.06 bits per heavy atom. The highest BCUT2D eigenvalue weighted by Crippen LogP contribution is 2.27. The summed E-state index contributed by atoms with van der Waals surface area (Å²) in [5.41, 5.74) is 6.15. The van der Waals surface area contributed by atoms with E-state index in [-0.39, 0.29) is 17.8 Å². The summed E-state index contributed by atoms with van der Waals surface area (Å²) >= 11 is 0. The van der Waals surface area contributed by atoms with Crippen LogP contribution in [-0.2, 0) is 0 Å². The minimum Gasteiger partial charge on any atom is -0.491 e. The largest absolute Gasteiger partial charge is 0.491 e. The smallest absolute Gasteiger partial charge is 0.275 e. The fraction of sp³-hybridized carbons (Fsp3) is 0.500. The lowest BCUT2D eigenvalue weighted by Crippen LogP contribution is -2.25. The number of benzene rings is 1. The van der Waals surface area contributed by atoms with Crippen LogP contribution >= 0.6 is 0 Å². The lowest BCUT2D eigenvalue weighted by atomic mass is 10.2. The van der Waals surface area contributed by atoms with Crippen LogP contribution in [0.1, 0.15) is 20.8 Å². The normalized spacial score (nSPS) is 12.3. The average molecular weight is 253 g/mol. The summed E-state index contributed by atoms with van der Waals surface area (Å²) < 4.78 is 5.49. The van der Waals surface area contributed by atoms with Gasteiger partial charge in [0, 0.05) is 30.4 Å². The van der Waals surface area contributed by atoms with Crippen LogP contribution in [0.4, 0.5) is 11.4 Å². The van der Waals surface area contributed by atoms with Crippen LogP contribution in [0.25, 0.3) is 0 Å². The van der Waals surface area contributed by atoms with Crippen molar-refractivity contribution in [3.8, 4) is 5.75 Å². The molecule has 100 valence electrons. The molecule has 1 rings (SSSR count). The molecule has 1 unspecified atom stereocenters. The molecule has 0 radical (unpaired) electrons. The van der Waals surface area contributed by atoms with Crippen molar-refractivity contribution in [1.29, 1.82) is 0 Å². The maximum Gasteiger partial charge on any atom is 0.275 e. The second-order valence-electron chi connectivity index (χ2n) is 4.42. The summed E-state index contributed by atoms with van der Waals surface area (Å²) in [5.74, 6) is 0.478. The van der Waals surface area contributed by atoms with Crippen LogP contribution in [0.2, 0.25) is 0 Å². The molecule has 3 N–H and O–H groups in total. The van der Waals surface area contributed by atoms with Gasteiger partial charge < -0.3 is 15.8 Å². The highest BCUT2D eigenvalue weighted by atomic mass is 16.6. The van der Waals surface area contributed by atoms with Crippen molar-refractivity contribution in [2.45, 2.75) is 32.9 Å². The van der Waals surface area contributed by atoms with E-state index < -0.39 is 4.92 Å². The lowest BCUT2D eigenvalue weighted by molar-refractivity contribution is -0.384. The van der Waals surface area contributed by atoms with Crippen LogP contribution in [0.15, 0.2) is 18.2 Å². The van der Waals surface area contributed by atoms with Crippen LogP contribution in [-0.4, -0.2) is 23.6 Å². The summed E-state index contributed by atoms with van der Waals surface area (Å²) in [6, 6.07) is 4.66. The topological polar surface area (TPSA) is 90.4 Å². The van der Waals surface area contributed by atoms with E-state index in [4.69, 9.17) is 10.5 Å². The Hall–Kier alpha value is -1.82. The quantitative estimate of drug-likeness (QED) is 0.598. The summed E-state index contributed by atoms with van der Waals surface area (Å²) in [6.45, 7) is 6.09. The van der Waals surface area contributed by atoms with Gasteiger partial charge in [-0.05, 0) is 20.8 Å². The fourth-order valence-electron chi connectivity index (χ4n) is 1.46. The number of nitrogens with one attached hydrogen (secondary N) is 1.